The second kappa shape index (κ2) is 9.71. The van der Waals surface area contributed by atoms with E-state index in [-0.39, 0.29) is 11.0 Å². The average Bonchev–Trinajstić information content (AvgIpc) is 2.96. The van der Waals surface area contributed by atoms with Crippen LogP contribution in [0, 0.1) is 0 Å². The number of esters is 2. The monoisotopic (exact) mass is 566 g/mol. The SMILES string of the molecule is CO[C@H]1O[C@H](CO)[C@@H](O)[C@@H]2OC(=O)c3cc4nc5ccccc5nc4c(O)c3-c3c(cc(O)c(O)c3O)C(=O)O[C@@H]12. The van der Waals surface area contributed by atoms with Crippen LogP contribution in [0.25, 0.3) is 33.2 Å². The molecule has 6 N–H and O–H groups in total. The zero-order valence-corrected chi connectivity index (χ0v) is 21.1. The molecule has 0 saturated carbocycles. The lowest BCUT2D eigenvalue weighted by molar-refractivity contribution is -0.292. The number of hydrogen-bond acceptors (Lipinski definition) is 14. The second-order valence-electron chi connectivity index (χ2n) is 9.43. The Balaban J connectivity index is 1.68. The van der Waals surface area contributed by atoms with Crippen molar-refractivity contribution in [1.82, 2.24) is 9.97 Å². The quantitative estimate of drug-likeness (QED) is 0.114. The van der Waals surface area contributed by atoms with Crippen LogP contribution in [0.3, 0.4) is 0 Å². The number of rotatable bonds is 2. The molecule has 0 radical (unpaired) electrons. The van der Waals surface area contributed by atoms with Crippen LogP contribution in [0.2, 0.25) is 0 Å². The van der Waals surface area contributed by atoms with Crippen LogP contribution in [-0.2, 0) is 18.9 Å². The molecule has 2 aliphatic rings. The van der Waals surface area contributed by atoms with Crippen molar-refractivity contribution in [3.63, 3.8) is 0 Å². The summed E-state index contributed by atoms with van der Waals surface area (Å²) in [4.78, 5) is 36.2. The van der Waals surface area contributed by atoms with Gasteiger partial charge in [0.1, 0.15) is 17.7 Å². The third-order valence-corrected chi connectivity index (χ3v) is 7.07. The molecule has 14 nitrogen and oxygen atoms in total. The highest BCUT2D eigenvalue weighted by atomic mass is 16.7. The molecule has 0 aliphatic carbocycles. The summed E-state index contributed by atoms with van der Waals surface area (Å²) in [5.74, 6) is -6.15. The molecular formula is C27H22N2O12. The number of benzene rings is 3. The molecule has 14 heteroatoms. The molecule has 3 aromatic carbocycles. The Kier molecular flexibility index (Phi) is 6.26. The predicted octanol–water partition coefficient (Wildman–Crippen LogP) is 1.06. The van der Waals surface area contributed by atoms with E-state index in [1.54, 1.807) is 24.3 Å². The van der Waals surface area contributed by atoms with Gasteiger partial charge in [0.15, 0.2) is 35.7 Å². The van der Waals surface area contributed by atoms with Crippen molar-refractivity contribution in [1.29, 1.82) is 0 Å². The Bertz CT molecular complexity index is 1740. The van der Waals surface area contributed by atoms with Crippen molar-refractivity contribution in [3.05, 3.63) is 47.5 Å². The average molecular weight is 566 g/mol. The third kappa shape index (κ3) is 4.03. The second-order valence-corrected chi connectivity index (χ2v) is 9.43. The summed E-state index contributed by atoms with van der Waals surface area (Å²) in [6.45, 7) is -0.704. The zero-order chi connectivity index (χ0) is 29.2. The van der Waals surface area contributed by atoms with Gasteiger partial charge in [0.05, 0.1) is 34.3 Å². The topological polar surface area (TPSA) is 218 Å². The number of ether oxygens (including phenoxy) is 4. The maximum Gasteiger partial charge on any atom is 0.339 e. The van der Waals surface area contributed by atoms with Crippen LogP contribution in [0.1, 0.15) is 20.7 Å². The fraction of sp³-hybridized carbons (Fsp3) is 0.259. The van der Waals surface area contributed by atoms with E-state index in [0.717, 1.165) is 6.07 Å². The van der Waals surface area contributed by atoms with Gasteiger partial charge in [0.2, 0.25) is 5.75 Å². The molecule has 1 fully saturated rings. The van der Waals surface area contributed by atoms with E-state index in [1.165, 1.54) is 13.2 Å². The van der Waals surface area contributed by atoms with Gasteiger partial charge in [-0.25, -0.2) is 19.6 Å². The number of aliphatic hydroxyl groups is 2. The third-order valence-electron chi connectivity index (χ3n) is 7.07. The van der Waals surface area contributed by atoms with E-state index in [2.05, 4.69) is 9.97 Å². The molecule has 0 spiro atoms. The number of hydrogen-bond donors (Lipinski definition) is 6. The number of aromatic nitrogens is 2. The Morgan fingerprint density at radius 2 is 1.44 bits per heavy atom. The fourth-order valence-corrected chi connectivity index (χ4v) is 5.08. The van der Waals surface area contributed by atoms with Crippen molar-refractivity contribution in [2.75, 3.05) is 13.7 Å². The van der Waals surface area contributed by atoms with Gasteiger partial charge in [-0.3, -0.25) is 0 Å². The summed E-state index contributed by atoms with van der Waals surface area (Å²) < 4.78 is 21.8. The normalized spacial score (nSPS) is 24.2. The minimum atomic E-state index is -1.70. The van der Waals surface area contributed by atoms with E-state index >= 15 is 0 Å². The lowest BCUT2D eigenvalue weighted by Crippen LogP contribution is -2.61. The van der Waals surface area contributed by atoms with Crippen LogP contribution in [0.4, 0.5) is 0 Å². The first-order chi connectivity index (χ1) is 19.6. The van der Waals surface area contributed by atoms with Gasteiger partial charge in [-0.2, -0.15) is 0 Å². The number of phenolic OH excluding ortho intramolecular Hbond substituents is 4. The number of carbonyl (C=O) groups excluding carboxylic acids is 2. The van der Waals surface area contributed by atoms with Gasteiger partial charge >= 0.3 is 11.9 Å². The molecule has 4 aromatic rings. The highest BCUT2D eigenvalue weighted by Gasteiger charge is 2.51. The fourth-order valence-electron chi connectivity index (χ4n) is 5.08. The standard InChI is InChI=1S/C27H22N2O12/c1-38-27-24-23(20(33)15(8-30)39-27)40-25(36)9-6-13-18(29-12-5-3-2-4-11(12)28-13)21(34)16(9)17-10(26(37)41-24)7-14(31)19(32)22(17)35/h2-7,15,20,23-24,27,30-35H,8H2,1H3/t15-,20-,23+,24-,27+/m1/s1. The molecule has 0 amide bonds. The number of methoxy groups -OCH3 is 1. The Morgan fingerprint density at radius 1 is 0.829 bits per heavy atom. The van der Waals surface area contributed by atoms with Crippen molar-refractivity contribution in [2.24, 2.45) is 0 Å². The van der Waals surface area contributed by atoms with E-state index in [1.807, 2.05) is 0 Å². The minimum absolute atomic E-state index is 0.0349. The summed E-state index contributed by atoms with van der Waals surface area (Å²) in [6.07, 6.45) is -7.66. The number of fused-ring (bicyclic) bond motifs is 6. The molecule has 6 rings (SSSR count). The molecule has 0 unspecified atom stereocenters. The molecule has 41 heavy (non-hydrogen) atoms. The summed E-state index contributed by atoms with van der Waals surface area (Å²) in [5, 5.41) is 63.6. The summed E-state index contributed by atoms with van der Waals surface area (Å²) >= 11 is 0. The molecule has 1 aromatic heterocycles. The van der Waals surface area contributed by atoms with Gasteiger partial charge in [-0.05, 0) is 24.3 Å². The maximum atomic E-state index is 13.8. The van der Waals surface area contributed by atoms with Crippen LogP contribution in [-0.4, -0.2) is 97.0 Å². The Morgan fingerprint density at radius 3 is 2.10 bits per heavy atom. The maximum absolute atomic E-state index is 13.8. The molecule has 1 saturated heterocycles. The summed E-state index contributed by atoms with van der Waals surface area (Å²) in [7, 11) is 1.19. The molecule has 5 atom stereocenters. The highest BCUT2D eigenvalue weighted by Crippen LogP contribution is 2.50. The van der Waals surface area contributed by atoms with Crippen LogP contribution in [0.15, 0.2) is 36.4 Å². The molecule has 0 bridgehead atoms. The lowest BCUT2D eigenvalue weighted by atomic mass is 9.91. The first-order valence-corrected chi connectivity index (χ1v) is 12.2. The van der Waals surface area contributed by atoms with Gasteiger partial charge in [0, 0.05) is 18.2 Å². The van der Waals surface area contributed by atoms with Crippen LogP contribution >= 0.6 is 0 Å². The van der Waals surface area contributed by atoms with Crippen LogP contribution in [0.5, 0.6) is 23.0 Å². The van der Waals surface area contributed by atoms with Crippen LogP contribution < -0.4 is 0 Å². The smallest absolute Gasteiger partial charge is 0.339 e. The molecule has 212 valence electrons. The van der Waals surface area contributed by atoms with Gasteiger partial charge in [-0.1, -0.05) is 12.1 Å². The molecule has 2 aliphatic heterocycles. The lowest BCUT2D eigenvalue weighted by Gasteiger charge is -2.42. The summed E-state index contributed by atoms with van der Waals surface area (Å²) in [6, 6.07) is 8.66. The van der Waals surface area contributed by atoms with Crippen molar-refractivity contribution < 1.29 is 59.2 Å². The number of phenols is 4. The zero-order valence-electron chi connectivity index (χ0n) is 21.1. The van der Waals surface area contributed by atoms with E-state index in [0.29, 0.717) is 11.0 Å². The van der Waals surface area contributed by atoms with Crippen molar-refractivity contribution in [2.45, 2.75) is 30.7 Å². The van der Waals surface area contributed by atoms with Crippen molar-refractivity contribution in [3.8, 4) is 34.1 Å². The van der Waals surface area contributed by atoms with Crippen molar-refractivity contribution >= 4 is 34.0 Å². The van der Waals surface area contributed by atoms with E-state index in [4.69, 9.17) is 18.9 Å². The number of para-hydroxylation sites is 2. The first-order valence-electron chi connectivity index (χ1n) is 12.2. The number of aromatic hydroxyl groups is 4. The Labute approximate surface area is 229 Å². The molecule has 3 heterocycles. The molecular weight excluding hydrogens is 544 g/mol. The van der Waals surface area contributed by atoms with Gasteiger partial charge in [-0.15, -0.1) is 0 Å². The number of nitrogens with zero attached hydrogens (tertiary/aromatic N) is 2. The Hall–Kier alpha value is -4.76. The first kappa shape index (κ1) is 26.5. The highest BCUT2D eigenvalue weighted by molar-refractivity contribution is 6.11. The number of aliphatic hydroxyl groups excluding tert-OH is 2. The summed E-state index contributed by atoms with van der Waals surface area (Å²) in [5.41, 5.74) is -1.37. The van der Waals surface area contributed by atoms with Gasteiger partial charge in [0.25, 0.3) is 0 Å². The predicted molar refractivity (Wildman–Crippen MR) is 136 cm³/mol. The van der Waals surface area contributed by atoms with E-state index < -0.39 is 94.5 Å². The number of carbonyl (C=O) groups is 2. The van der Waals surface area contributed by atoms with E-state index in [9.17, 15) is 40.2 Å². The van der Waals surface area contributed by atoms with Gasteiger partial charge < -0.3 is 49.6 Å². The minimum Gasteiger partial charge on any atom is -0.505 e. The largest absolute Gasteiger partial charge is 0.505 e.